The number of ether oxygens (including phenoxy) is 2. The van der Waals surface area contributed by atoms with E-state index in [4.69, 9.17) is 15.2 Å². The van der Waals surface area contributed by atoms with Crippen LogP contribution in [0, 0.1) is 0 Å². The van der Waals surface area contributed by atoms with Crippen LogP contribution in [0.15, 0.2) is 24.3 Å². The summed E-state index contributed by atoms with van der Waals surface area (Å²) in [6, 6.07) is 7.94. The molecular formula is C13H20N2O2. The number of hydrogen-bond donors (Lipinski definition) is 2. The summed E-state index contributed by atoms with van der Waals surface area (Å²) in [5, 5.41) is 3.53. The van der Waals surface area contributed by atoms with Crippen LogP contribution in [-0.2, 0) is 4.74 Å². The standard InChI is InChI=1S/C13H20N2O2/c1-16-12-4-2-3-11(9-12)15-13(10-14)5-7-17-8-6-13/h2-4,9,15H,5-8,10,14H2,1H3. The Morgan fingerprint density at radius 3 is 2.82 bits per heavy atom. The smallest absolute Gasteiger partial charge is 0.120 e. The molecule has 1 saturated heterocycles. The molecule has 0 radical (unpaired) electrons. The highest BCUT2D eigenvalue weighted by Crippen LogP contribution is 2.26. The Morgan fingerprint density at radius 1 is 1.41 bits per heavy atom. The summed E-state index contributed by atoms with van der Waals surface area (Å²) >= 11 is 0. The van der Waals surface area contributed by atoms with E-state index in [1.165, 1.54) is 0 Å². The van der Waals surface area contributed by atoms with Gasteiger partial charge in [0.2, 0.25) is 0 Å². The molecule has 0 unspecified atom stereocenters. The minimum Gasteiger partial charge on any atom is -0.497 e. The van der Waals surface area contributed by atoms with Crippen molar-refractivity contribution in [3.63, 3.8) is 0 Å². The molecule has 1 aliphatic rings. The summed E-state index contributed by atoms with van der Waals surface area (Å²) in [6.45, 7) is 2.16. The quantitative estimate of drug-likeness (QED) is 0.834. The van der Waals surface area contributed by atoms with Gasteiger partial charge in [-0.25, -0.2) is 0 Å². The first kappa shape index (κ1) is 12.2. The van der Waals surface area contributed by atoms with Gasteiger partial charge in [-0.1, -0.05) is 6.07 Å². The molecule has 1 aromatic rings. The molecule has 1 aromatic carbocycles. The third-order valence-corrected chi connectivity index (χ3v) is 3.32. The molecule has 0 aliphatic carbocycles. The summed E-state index contributed by atoms with van der Waals surface area (Å²) in [5.74, 6) is 0.856. The second-order valence-corrected chi connectivity index (χ2v) is 4.45. The van der Waals surface area contributed by atoms with Gasteiger partial charge in [0.1, 0.15) is 5.75 Å². The van der Waals surface area contributed by atoms with Crippen LogP contribution in [0.2, 0.25) is 0 Å². The Hall–Kier alpha value is -1.26. The molecule has 17 heavy (non-hydrogen) atoms. The van der Waals surface area contributed by atoms with Crippen LogP contribution in [-0.4, -0.2) is 32.4 Å². The fourth-order valence-corrected chi connectivity index (χ4v) is 2.15. The molecule has 0 bridgehead atoms. The van der Waals surface area contributed by atoms with E-state index in [-0.39, 0.29) is 5.54 Å². The third-order valence-electron chi connectivity index (χ3n) is 3.32. The Balaban J connectivity index is 2.11. The van der Waals surface area contributed by atoms with E-state index in [9.17, 15) is 0 Å². The SMILES string of the molecule is COc1cccc(NC2(CN)CCOCC2)c1. The van der Waals surface area contributed by atoms with Gasteiger partial charge < -0.3 is 20.5 Å². The molecule has 1 aliphatic heterocycles. The van der Waals surface area contributed by atoms with Crippen LogP contribution in [0.4, 0.5) is 5.69 Å². The molecular weight excluding hydrogens is 216 g/mol. The lowest BCUT2D eigenvalue weighted by atomic mass is 9.90. The van der Waals surface area contributed by atoms with Crippen molar-refractivity contribution in [1.29, 1.82) is 0 Å². The Morgan fingerprint density at radius 2 is 2.18 bits per heavy atom. The van der Waals surface area contributed by atoms with Gasteiger partial charge >= 0.3 is 0 Å². The second kappa shape index (κ2) is 5.38. The lowest BCUT2D eigenvalue weighted by molar-refractivity contribution is 0.0628. The zero-order valence-electron chi connectivity index (χ0n) is 10.2. The van der Waals surface area contributed by atoms with Crippen molar-refractivity contribution in [2.45, 2.75) is 18.4 Å². The van der Waals surface area contributed by atoms with Crippen LogP contribution in [0.3, 0.4) is 0 Å². The van der Waals surface area contributed by atoms with E-state index < -0.39 is 0 Å². The molecule has 2 rings (SSSR count). The van der Waals surface area contributed by atoms with Crippen LogP contribution in [0.25, 0.3) is 0 Å². The zero-order chi connectivity index (χ0) is 12.1. The zero-order valence-corrected chi connectivity index (χ0v) is 10.2. The van der Waals surface area contributed by atoms with E-state index in [1.54, 1.807) is 7.11 Å². The summed E-state index contributed by atoms with van der Waals surface area (Å²) in [4.78, 5) is 0. The highest BCUT2D eigenvalue weighted by atomic mass is 16.5. The monoisotopic (exact) mass is 236 g/mol. The highest BCUT2D eigenvalue weighted by molar-refractivity contribution is 5.50. The first-order valence-electron chi connectivity index (χ1n) is 5.98. The lowest BCUT2D eigenvalue weighted by Crippen LogP contribution is -2.49. The number of rotatable bonds is 4. The van der Waals surface area contributed by atoms with Crippen LogP contribution >= 0.6 is 0 Å². The summed E-state index contributed by atoms with van der Waals surface area (Å²) in [7, 11) is 1.67. The number of methoxy groups -OCH3 is 1. The first-order chi connectivity index (χ1) is 8.28. The molecule has 4 heteroatoms. The molecule has 4 nitrogen and oxygen atoms in total. The molecule has 0 spiro atoms. The largest absolute Gasteiger partial charge is 0.497 e. The molecule has 94 valence electrons. The second-order valence-electron chi connectivity index (χ2n) is 4.45. The van der Waals surface area contributed by atoms with Crippen LogP contribution < -0.4 is 15.8 Å². The normalized spacial score (nSPS) is 18.7. The maximum atomic E-state index is 5.91. The minimum atomic E-state index is -0.0371. The van der Waals surface area contributed by atoms with Gasteiger partial charge in [-0.3, -0.25) is 0 Å². The Labute approximate surface area is 102 Å². The molecule has 0 saturated carbocycles. The van der Waals surface area contributed by atoms with E-state index in [2.05, 4.69) is 5.32 Å². The van der Waals surface area contributed by atoms with Gasteiger partial charge in [0.15, 0.2) is 0 Å². The number of hydrogen-bond acceptors (Lipinski definition) is 4. The lowest BCUT2D eigenvalue weighted by Gasteiger charge is -2.38. The molecule has 0 amide bonds. The fraction of sp³-hybridized carbons (Fsp3) is 0.538. The van der Waals surface area contributed by atoms with Crippen molar-refractivity contribution in [1.82, 2.24) is 0 Å². The molecule has 1 fully saturated rings. The van der Waals surface area contributed by atoms with Crippen molar-refractivity contribution in [3.05, 3.63) is 24.3 Å². The topological polar surface area (TPSA) is 56.5 Å². The van der Waals surface area contributed by atoms with Crippen LogP contribution in [0.1, 0.15) is 12.8 Å². The van der Waals surface area contributed by atoms with E-state index in [1.807, 2.05) is 24.3 Å². The molecule has 1 heterocycles. The number of nitrogens with one attached hydrogen (secondary N) is 1. The number of benzene rings is 1. The van der Waals surface area contributed by atoms with Crippen molar-refractivity contribution >= 4 is 5.69 Å². The maximum Gasteiger partial charge on any atom is 0.120 e. The van der Waals surface area contributed by atoms with Gasteiger partial charge in [-0.05, 0) is 25.0 Å². The minimum absolute atomic E-state index is 0.0371. The summed E-state index contributed by atoms with van der Waals surface area (Å²) in [6.07, 6.45) is 1.89. The molecule has 3 N–H and O–H groups in total. The van der Waals surface area contributed by atoms with Crippen molar-refractivity contribution < 1.29 is 9.47 Å². The van der Waals surface area contributed by atoms with Crippen LogP contribution in [0.5, 0.6) is 5.75 Å². The van der Waals surface area contributed by atoms with E-state index in [0.717, 1.165) is 37.5 Å². The van der Waals surface area contributed by atoms with Crippen molar-refractivity contribution in [2.75, 3.05) is 32.2 Å². The van der Waals surface area contributed by atoms with Gasteiger partial charge in [0.25, 0.3) is 0 Å². The van der Waals surface area contributed by atoms with Gasteiger partial charge in [0, 0.05) is 31.5 Å². The third kappa shape index (κ3) is 2.90. The predicted molar refractivity (Wildman–Crippen MR) is 68.5 cm³/mol. The first-order valence-corrected chi connectivity index (χ1v) is 5.98. The maximum absolute atomic E-state index is 5.91. The fourth-order valence-electron chi connectivity index (χ4n) is 2.15. The Kier molecular flexibility index (Phi) is 3.86. The summed E-state index contributed by atoms with van der Waals surface area (Å²) < 4.78 is 10.6. The molecule has 0 aromatic heterocycles. The summed E-state index contributed by atoms with van der Waals surface area (Å²) in [5.41, 5.74) is 6.92. The van der Waals surface area contributed by atoms with Gasteiger partial charge in [0.05, 0.1) is 12.6 Å². The average molecular weight is 236 g/mol. The van der Waals surface area contributed by atoms with E-state index in [0.29, 0.717) is 6.54 Å². The Bertz CT molecular complexity index is 362. The number of anilines is 1. The van der Waals surface area contributed by atoms with Crippen molar-refractivity contribution in [3.8, 4) is 5.75 Å². The van der Waals surface area contributed by atoms with Gasteiger partial charge in [-0.2, -0.15) is 0 Å². The van der Waals surface area contributed by atoms with E-state index >= 15 is 0 Å². The van der Waals surface area contributed by atoms with Crippen molar-refractivity contribution in [2.24, 2.45) is 5.73 Å². The molecule has 0 atom stereocenters. The average Bonchev–Trinajstić information content (AvgIpc) is 2.40. The van der Waals surface area contributed by atoms with Gasteiger partial charge in [-0.15, -0.1) is 0 Å². The predicted octanol–water partition coefficient (Wildman–Crippen LogP) is 1.61. The number of nitrogens with two attached hydrogens (primary N) is 1. The highest BCUT2D eigenvalue weighted by Gasteiger charge is 2.30.